The van der Waals surface area contributed by atoms with Crippen LogP contribution in [0, 0.1) is 12.7 Å². The number of benzene rings is 2. The zero-order valence-electron chi connectivity index (χ0n) is 30.2. The number of carbonyl (C=O) groups is 1. The number of hydrogen-bond donors (Lipinski definition) is 4. The van der Waals surface area contributed by atoms with E-state index >= 15 is 0 Å². The maximum Gasteiger partial charge on any atom is 0.416 e. The second-order valence-electron chi connectivity index (χ2n) is 13.9. The number of anilines is 1. The number of aryl methyl sites for hydroxylation is 1. The van der Waals surface area contributed by atoms with Crippen LogP contribution in [0.3, 0.4) is 0 Å². The smallest absolute Gasteiger partial charge is 0.394 e. The van der Waals surface area contributed by atoms with Crippen molar-refractivity contribution in [2.24, 2.45) is 0 Å². The van der Waals surface area contributed by atoms with E-state index in [0.717, 1.165) is 16.3 Å². The fourth-order valence-corrected chi connectivity index (χ4v) is 6.59. The maximum absolute atomic E-state index is 14.2. The van der Waals surface area contributed by atoms with Crippen LogP contribution in [0.2, 0.25) is 0 Å². The molecule has 3 aromatic rings. The van der Waals surface area contributed by atoms with Crippen LogP contribution in [0.15, 0.2) is 48.7 Å². The zero-order chi connectivity index (χ0) is 38.1. The van der Waals surface area contributed by atoms with Gasteiger partial charge < -0.3 is 24.7 Å². The summed E-state index contributed by atoms with van der Waals surface area (Å²) in [5, 5.41) is 18.4. The van der Waals surface area contributed by atoms with Gasteiger partial charge in [-0.15, -0.1) is 24.8 Å². The molecule has 2 unspecified atom stereocenters. The third-order valence-electron chi connectivity index (χ3n) is 9.35. The third kappa shape index (κ3) is 10.8. The van der Waals surface area contributed by atoms with Crippen molar-refractivity contribution in [3.8, 4) is 11.1 Å². The highest BCUT2D eigenvalue weighted by Crippen LogP contribution is 2.41. The van der Waals surface area contributed by atoms with E-state index in [-0.39, 0.29) is 61.4 Å². The molecular formula is C36H47Cl2F7N4O4+2. The number of piperazine rings is 1. The number of alkyl halides is 6. The average Bonchev–Trinajstić information content (AvgIpc) is 3.05. The fourth-order valence-electron chi connectivity index (χ4n) is 6.59. The van der Waals surface area contributed by atoms with E-state index in [1.165, 1.54) is 50.2 Å². The Morgan fingerprint density at radius 1 is 0.962 bits per heavy atom. The lowest BCUT2D eigenvalue weighted by Gasteiger charge is -2.41. The van der Waals surface area contributed by atoms with E-state index in [4.69, 9.17) is 9.84 Å². The molecule has 4 N–H and O–H groups in total. The summed E-state index contributed by atoms with van der Waals surface area (Å²) in [6.45, 7) is 10.8. The number of aliphatic hydroxyl groups is 2. The lowest BCUT2D eigenvalue weighted by Crippen LogP contribution is -3.32. The van der Waals surface area contributed by atoms with E-state index in [2.05, 4.69) is 4.98 Å². The Balaban J connectivity index is 0.00000154. The molecule has 2 aliphatic rings. The van der Waals surface area contributed by atoms with Gasteiger partial charge in [0.15, 0.2) is 12.1 Å². The lowest BCUT2D eigenvalue weighted by molar-refractivity contribution is -1.03. The number of likely N-dealkylation sites (N-methyl/N-ethyl adjacent to an activating group) is 1. The topological polar surface area (TPSA) is 91.8 Å². The number of halogens is 9. The molecule has 1 amide bonds. The van der Waals surface area contributed by atoms with Gasteiger partial charge in [0.25, 0.3) is 0 Å². The highest BCUT2D eigenvalue weighted by atomic mass is 35.5. The molecule has 4 atom stereocenters. The van der Waals surface area contributed by atoms with E-state index < -0.39 is 46.2 Å². The summed E-state index contributed by atoms with van der Waals surface area (Å²) in [7, 11) is 1.37. The predicted octanol–water partition coefficient (Wildman–Crippen LogP) is 4.58. The second-order valence-corrected chi connectivity index (χ2v) is 13.9. The van der Waals surface area contributed by atoms with Crippen LogP contribution in [0.1, 0.15) is 49.9 Å². The molecule has 2 aromatic carbocycles. The molecule has 3 heterocycles. The molecule has 296 valence electrons. The molecule has 17 heteroatoms. The first kappa shape index (κ1) is 46.1. The Bertz CT molecular complexity index is 1670. The minimum Gasteiger partial charge on any atom is -0.394 e. The summed E-state index contributed by atoms with van der Waals surface area (Å²) in [6.07, 6.45) is -8.91. The maximum atomic E-state index is 14.2. The van der Waals surface area contributed by atoms with Gasteiger partial charge >= 0.3 is 12.4 Å². The Kier molecular flexibility index (Phi) is 15.7. The first-order valence-corrected chi connectivity index (χ1v) is 16.6. The van der Waals surface area contributed by atoms with Crippen LogP contribution in [-0.2, 0) is 27.3 Å². The summed E-state index contributed by atoms with van der Waals surface area (Å²) >= 11 is 0. The molecule has 2 aliphatic heterocycles. The number of aliphatic hydroxyl groups excluding tert-OH is 2. The number of fused-ring (bicyclic) bond motifs is 1. The number of amides is 1. The molecule has 2 fully saturated rings. The number of carbonyl (C=O) groups excluding carboxylic acids is 1. The standard InChI is InChI=1S/C33H35F7N4O3.C3H8O.2ClH/c1-19-9-23(34)5-6-26(19)27-13-29(44-16-25-18-47-8-7-43(25)15-24(44)17-45)41-14-28(27)42(4)30(46)31(2,3)20-10-21(32(35,36)37)12-22(11-20)33(38,39)40;1-3(2)4;;/h5-6,9-14,24-25,45H,7-8,15-18H2,1-4H3;3-4H,1-2H3;2*1H/p+2/t24-,25-;;;/m0.../s1. The number of quaternary nitrogens is 2. The Morgan fingerprint density at radius 2 is 1.53 bits per heavy atom. The summed E-state index contributed by atoms with van der Waals surface area (Å²) < 4.78 is 102. The summed E-state index contributed by atoms with van der Waals surface area (Å²) in [5.41, 5.74) is -3.61. The minimum absolute atomic E-state index is 0. The van der Waals surface area contributed by atoms with Gasteiger partial charge in [0.05, 0.1) is 35.0 Å². The number of ether oxygens (including phenoxy) is 1. The van der Waals surface area contributed by atoms with E-state index in [1.807, 2.05) is 0 Å². The number of aromatic nitrogens is 1. The molecule has 0 radical (unpaired) electrons. The molecule has 0 spiro atoms. The van der Waals surface area contributed by atoms with Crippen molar-refractivity contribution in [2.75, 3.05) is 51.4 Å². The normalized spacial score (nSPS) is 20.3. The Hall–Kier alpha value is -3.05. The number of rotatable bonds is 6. The second kappa shape index (κ2) is 18.1. The van der Waals surface area contributed by atoms with Crippen LogP contribution in [0.4, 0.5) is 42.2 Å². The van der Waals surface area contributed by atoms with Crippen molar-refractivity contribution in [3.63, 3.8) is 0 Å². The van der Waals surface area contributed by atoms with Crippen molar-refractivity contribution in [2.45, 2.75) is 70.6 Å². The number of hydrogen-bond acceptors (Lipinski definition) is 5. The number of pyridine rings is 1. The van der Waals surface area contributed by atoms with Gasteiger partial charge in [0, 0.05) is 24.8 Å². The quantitative estimate of drug-likeness (QED) is 0.275. The van der Waals surface area contributed by atoms with Crippen LogP contribution < -0.4 is 14.7 Å². The molecule has 8 nitrogen and oxygen atoms in total. The molecule has 0 aliphatic carbocycles. The number of nitrogens with one attached hydrogen (secondary N) is 2. The Morgan fingerprint density at radius 3 is 2.06 bits per heavy atom. The number of morpholine rings is 1. The van der Waals surface area contributed by atoms with Gasteiger partial charge in [0.1, 0.15) is 38.7 Å². The largest absolute Gasteiger partial charge is 0.416 e. The van der Waals surface area contributed by atoms with Gasteiger partial charge in [0.2, 0.25) is 11.7 Å². The zero-order valence-corrected chi connectivity index (χ0v) is 31.8. The van der Waals surface area contributed by atoms with E-state index in [1.54, 1.807) is 26.8 Å². The third-order valence-corrected chi connectivity index (χ3v) is 9.35. The summed E-state index contributed by atoms with van der Waals surface area (Å²) in [4.78, 5) is 22.1. The van der Waals surface area contributed by atoms with Crippen LogP contribution in [0.5, 0.6) is 0 Å². The van der Waals surface area contributed by atoms with Gasteiger partial charge in [-0.3, -0.25) is 9.69 Å². The average molecular weight is 804 g/mol. The van der Waals surface area contributed by atoms with Crippen LogP contribution >= 0.6 is 24.8 Å². The van der Waals surface area contributed by atoms with Crippen LogP contribution in [0.25, 0.3) is 11.1 Å². The Labute approximate surface area is 316 Å². The fraction of sp³-hybridized carbons (Fsp3) is 0.500. The van der Waals surface area contributed by atoms with Crippen LogP contribution in [-0.4, -0.2) is 85.8 Å². The van der Waals surface area contributed by atoms with E-state index in [0.29, 0.717) is 60.9 Å². The first-order chi connectivity index (χ1) is 23.6. The van der Waals surface area contributed by atoms with Crippen molar-refractivity contribution in [3.05, 3.63) is 76.7 Å². The van der Waals surface area contributed by atoms with Crippen molar-refractivity contribution >= 4 is 42.2 Å². The summed E-state index contributed by atoms with van der Waals surface area (Å²) in [5.74, 6) is -0.721. The molecule has 2 saturated heterocycles. The van der Waals surface area contributed by atoms with Crippen molar-refractivity contribution in [1.29, 1.82) is 0 Å². The number of nitrogens with zero attached hydrogens (tertiary/aromatic N) is 2. The minimum atomic E-state index is -5.08. The molecule has 53 heavy (non-hydrogen) atoms. The highest BCUT2D eigenvalue weighted by Gasteiger charge is 2.44. The molecule has 1 aromatic heterocycles. The molecule has 0 bridgehead atoms. The SMILES string of the molecule is CC(C)O.Cc1cc(F)ccc1-c1cc([NH+]2C[C@H]3COCC[NH+]3C[C@H]2CO)ncc1N(C)C(=O)C(C)(C)c1cc(C(F)(F)F)cc(C(F)(F)F)c1.Cl.Cl. The highest BCUT2D eigenvalue weighted by molar-refractivity contribution is 6.03. The monoisotopic (exact) mass is 802 g/mol. The predicted molar refractivity (Wildman–Crippen MR) is 191 cm³/mol. The van der Waals surface area contributed by atoms with Crippen molar-refractivity contribution < 1.29 is 60.3 Å². The molecule has 0 saturated carbocycles. The van der Waals surface area contributed by atoms with Gasteiger partial charge in [-0.05, 0) is 81.6 Å². The van der Waals surface area contributed by atoms with Gasteiger partial charge in [-0.25, -0.2) is 9.37 Å². The first-order valence-electron chi connectivity index (χ1n) is 16.6. The molecule has 5 rings (SSSR count). The van der Waals surface area contributed by atoms with E-state index in [9.17, 15) is 40.6 Å². The lowest BCUT2D eigenvalue weighted by atomic mass is 9.81. The molecular weight excluding hydrogens is 756 g/mol. The van der Waals surface area contributed by atoms with Gasteiger partial charge in [-0.1, -0.05) is 6.07 Å². The van der Waals surface area contributed by atoms with Crippen molar-refractivity contribution in [1.82, 2.24) is 4.98 Å². The van der Waals surface area contributed by atoms with Gasteiger partial charge in [-0.2, -0.15) is 26.3 Å². The summed E-state index contributed by atoms with van der Waals surface area (Å²) in [6, 6.07) is 6.96.